The second kappa shape index (κ2) is 2.95. The summed E-state index contributed by atoms with van der Waals surface area (Å²) in [7, 11) is 0. The molecular formula is C8H16N2. The van der Waals surface area contributed by atoms with Gasteiger partial charge in [0.2, 0.25) is 0 Å². The molecule has 1 aliphatic rings. The molecule has 0 N–H and O–H groups in total. The van der Waals surface area contributed by atoms with E-state index in [1.54, 1.807) is 0 Å². The molecule has 0 aliphatic carbocycles. The molecule has 10 heavy (non-hydrogen) atoms. The number of allylic oxidation sites excluding steroid dienone is 1. The maximum Gasteiger partial charge on any atom is 0.0895 e. The topological polar surface area (TPSA) is 6.48 Å². The van der Waals surface area contributed by atoms with Crippen LogP contribution in [0.4, 0.5) is 0 Å². The predicted octanol–water partition coefficient (Wildman–Crippen LogP) is 1.46. The molecule has 58 valence electrons. The zero-order chi connectivity index (χ0) is 7.56. The molecule has 1 aliphatic heterocycles. The monoisotopic (exact) mass is 140 g/mol. The van der Waals surface area contributed by atoms with Gasteiger partial charge in [-0.05, 0) is 20.8 Å². The molecule has 2 heteroatoms. The normalized spacial score (nSPS) is 18.1. The Labute approximate surface area is 63.1 Å². The van der Waals surface area contributed by atoms with E-state index in [1.165, 1.54) is 5.70 Å². The van der Waals surface area contributed by atoms with E-state index in [9.17, 15) is 0 Å². The van der Waals surface area contributed by atoms with E-state index in [4.69, 9.17) is 0 Å². The molecule has 0 aromatic rings. The van der Waals surface area contributed by atoms with Crippen molar-refractivity contribution in [3.63, 3.8) is 0 Å². The number of hydrogen-bond donors (Lipinski definition) is 0. The molecule has 2 nitrogen and oxygen atoms in total. The van der Waals surface area contributed by atoms with E-state index >= 15 is 0 Å². The Morgan fingerprint density at radius 2 is 2.10 bits per heavy atom. The van der Waals surface area contributed by atoms with E-state index in [0.29, 0.717) is 0 Å². The molecule has 0 spiro atoms. The quantitative estimate of drug-likeness (QED) is 0.573. The van der Waals surface area contributed by atoms with Gasteiger partial charge >= 0.3 is 0 Å². The van der Waals surface area contributed by atoms with Crippen LogP contribution in [0.1, 0.15) is 20.8 Å². The second-order valence-electron chi connectivity index (χ2n) is 2.67. The molecule has 0 saturated carbocycles. The summed E-state index contributed by atoms with van der Waals surface area (Å²) in [5.74, 6) is 0. The van der Waals surface area contributed by atoms with Crippen molar-refractivity contribution in [1.82, 2.24) is 9.80 Å². The van der Waals surface area contributed by atoms with Crippen molar-refractivity contribution < 1.29 is 0 Å². The van der Waals surface area contributed by atoms with Gasteiger partial charge in [0.1, 0.15) is 0 Å². The average molecular weight is 140 g/mol. The largest absolute Gasteiger partial charge is 0.359 e. The summed E-state index contributed by atoms with van der Waals surface area (Å²) in [6.45, 7) is 9.87. The number of hydrogen-bond acceptors (Lipinski definition) is 2. The minimum atomic E-state index is 1.08. The van der Waals surface area contributed by atoms with Gasteiger partial charge in [-0.25, -0.2) is 0 Å². The van der Waals surface area contributed by atoms with Gasteiger partial charge in [-0.15, -0.1) is 0 Å². The Bertz CT molecular complexity index is 140. The van der Waals surface area contributed by atoms with Gasteiger partial charge in [-0.3, -0.25) is 0 Å². The molecule has 0 amide bonds. The van der Waals surface area contributed by atoms with Crippen molar-refractivity contribution in [3.05, 3.63) is 11.9 Å². The number of nitrogens with zero attached hydrogens (tertiary/aromatic N) is 2. The summed E-state index contributed by atoms with van der Waals surface area (Å²) in [6.07, 6.45) is 2.23. The lowest BCUT2D eigenvalue weighted by Gasteiger charge is -2.19. The Balaban J connectivity index is 2.50. The summed E-state index contributed by atoms with van der Waals surface area (Å²) in [6, 6.07) is 0. The fourth-order valence-corrected chi connectivity index (χ4v) is 1.26. The van der Waals surface area contributed by atoms with Crippen LogP contribution in [0.25, 0.3) is 0 Å². The summed E-state index contributed by atoms with van der Waals surface area (Å²) < 4.78 is 0. The lowest BCUT2D eigenvalue weighted by atomic mass is 10.5. The average Bonchev–Trinajstić information content (AvgIpc) is 2.30. The molecule has 0 bridgehead atoms. The van der Waals surface area contributed by atoms with E-state index in [0.717, 1.165) is 19.8 Å². The van der Waals surface area contributed by atoms with Gasteiger partial charge in [0.25, 0.3) is 0 Å². The van der Waals surface area contributed by atoms with Crippen molar-refractivity contribution in [2.24, 2.45) is 0 Å². The van der Waals surface area contributed by atoms with Gasteiger partial charge in [-0.2, -0.15) is 0 Å². The Morgan fingerprint density at radius 3 is 2.40 bits per heavy atom. The van der Waals surface area contributed by atoms with Crippen LogP contribution >= 0.6 is 0 Å². The predicted molar refractivity (Wildman–Crippen MR) is 43.4 cm³/mol. The van der Waals surface area contributed by atoms with Crippen molar-refractivity contribution in [3.8, 4) is 0 Å². The first kappa shape index (κ1) is 7.45. The minimum Gasteiger partial charge on any atom is -0.359 e. The van der Waals surface area contributed by atoms with Crippen molar-refractivity contribution >= 4 is 0 Å². The Kier molecular flexibility index (Phi) is 2.20. The number of rotatable bonds is 2. The van der Waals surface area contributed by atoms with Crippen molar-refractivity contribution in [2.45, 2.75) is 20.8 Å². The first-order valence-electron chi connectivity index (χ1n) is 3.95. The van der Waals surface area contributed by atoms with Gasteiger partial charge in [0.15, 0.2) is 0 Å². The van der Waals surface area contributed by atoms with Crippen molar-refractivity contribution in [1.29, 1.82) is 0 Å². The van der Waals surface area contributed by atoms with Gasteiger partial charge in [0, 0.05) is 25.0 Å². The van der Waals surface area contributed by atoms with Crippen LogP contribution in [-0.4, -0.2) is 29.6 Å². The van der Waals surface area contributed by atoms with Crippen LogP contribution < -0.4 is 0 Å². The minimum absolute atomic E-state index is 1.08. The molecule has 0 radical (unpaired) electrons. The third kappa shape index (κ3) is 1.25. The maximum atomic E-state index is 2.36. The van der Waals surface area contributed by atoms with Crippen LogP contribution in [0.2, 0.25) is 0 Å². The fraction of sp³-hybridized carbons (Fsp3) is 0.750. The standard InChI is InChI=1S/C8H16N2/c1-4-9-6-8(3)10(5-2)7-9/h6H,4-5,7H2,1-3H3. The highest BCUT2D eigenvalue weighted by Crippen LogP contribution is 2.13. The van der Waals surface area contributed by atoms with E-state index in [2.05, 4.69) is 36.8 Å². The van der Waals surface area contributed by atoms with E-state index in [1.807, 2.05) is 0 Å². The van der Waals surface area contributed by atoms with Crippen molar-refractivity contribution in [2.75, 3.05) is 19.8 Å². The smallest absolute Gasteiger partial charge is 0.0895 e. The van der Waals surface area contributed by atoms with Crippen LogP contribution in [0.5, 0.6) is 0 Å². The molecule has 0 saturated heterocycles. The molecule has 0 aromatic heterocycles. The SMILES string of the molecule is CCN1C=C(C)N(CC)C1. The first-order chi connectivity index (χ1) is 4.77. The molecule has 1 heterocycles. The molecule has 1 rings (SSSR count). The van der Waals surface area contributed by atoms with Crippen LogP contribution in [-0.2, 0) is 0 Å². The highest BCUT2D eigenvalue weighted by molar-refractivity contribution is 5.02. The van der Waals surface area contributed by atoms with Gasteiger partial charge in [-0.1, -0.05) is 0 Å². The third-order valence-corrected chi connectivity index (χ3v) is 2.01. The van der Waals surface area contributed by atoms with E-state index < -0.39 is 0 Å². The lowest BCUT2D eigenvalue weighted by Crippen LogP contribution is -2.25. The maximum absolute atomic E-state index is 2.36. The molecular weight excluding hydrogens is 124 g/mol. The molecule has 0 unspecified atom stereocenters. The Morgan fingerprint density at radius 1 is 1.40 bits per heavy atom. The molecule has 0 atom stereocenters. The lowest BCUT2D eigenvalue weighted by molar-refractivity contribution is 0.272. The van der Waals surface area contributed by atoms with Crippen LogP contribution in [0, 0.1) is 0 Å². The summed E-state index contributed by atoms with van der Waals surface area (Å²) in [5.41, 5.74) is 1.39. The summed E-state index contributed by atoms with van der Waals surface area (Å²) in [4.78, 5) is 4.68. The van der Waals surface area contributed by atoms with Crippen LogP contribution in [0.15, 0.2) is 11.9 Å². The highest BCUT2D eigenvalue weighted by atomic mass is 15.3. The van der Waals surface area contributed by atoms with Gasteiger partial charge < -0.3 is 9.80 Å². The Hall–Kier alpha value is -0.660. The van der Waals surface area contributed by atoms with Crippen LogP contribution in [0.3, 0.4) is 0 Å². The molecule has 0 fully saturated rings. The van der Waals surface area contributed by atoms with E-state index in [-0.39, 0.29) is 0 Å². The molecule has 0 aromatic carbocycles. The van der Waals surface area contributed by atoms with Gasteiger partial charge in [0.05, 0.1) is 6.67 Å². The summed E-state index contributed by atoms with van der Waals surface area (Å²) in [5, 5.41) is 0. The summed E-state index contributed by atoms with van der Waals surface area (Å²) >= 11 is 0. The zero-order valence-corrected chi connectivity index (χ0v) is 7.09. The second-order valence-corrected chi connectivity index (χ2v) is 2.67. The zero-order valence-electron chi connectivity index (χ0n) is 7.09. The highest BCUT2D eigenvalue weighted by Gasteiger charge is 2.13. The fourth-order valence-electron chi connectivity index (χ4n) is 1.26. The third-order valence-electron chi connectivity index (χ3n) is 2.01. The first-order valence-corrected chi connectivity index (χ1v) is 3.95.